The first-order valence-corrected chi connectivity index (χ1v) is 7.25. The summed E-state index contributed by atoms with van der Waals surface area (Å²) in [5.74, 6) is -0.335. The third kappa shape index (κ3) is 3.78. The van der Waals surface area contributed by atoms with E-state index in [1.165, 1.54) is 23.0 Å². The first kappa shape index (κ1) is 14.5. The maximum absolute atomic E-state index is 11.7. The molecule has 2 rings (SSSR count). The predicted molar refractivity (Wildman–Crippen MR) is 81.6 cm³/mol. The molecule has 0 aliphatic heterocycles. The lowest BCUT2D eigenvalue weighted by Crippen LogP contribution is -2.00. The summed E-state index contributed by atoms with van der Waals surface area (Å²) in [5.41, 5.74) is 6.06. The van der Waals surface area contributed by atoms with Crippen LogP contribution in [0.5, 0.6) is 0 Å². The Balaban J connectivity index is 1.94. The molecule has 2 aromatic rings. The van der Waals surface area contributed by atoms with Crippen molar-refractivity contribution in [2.45, 2.75) is 27.4 Å². The van der Waals surface area contributed by atoms with Gasteiger partial charge in [0.15, 0.2) is 0 Å². The van der Waals surface area contributed by atoms with Gasteiger partial charge in [-0.25, -0.2) is 9.78 Å². The Labute approximate surface area is 122 Å². The third-order valence-electron chi connectivity index (χ3n) is 3.01. The highest BCUT2D eigenvalue weighted by molar-refractivity contribution is 7.09. The molecular weight excluding hydrogens is 270 g/mol. The van der Waals surface area contributed by atoms with Crippen molar-refractivity contribution in [3.05, 3.63) is 57.0 Å². The lowest BCUT2D eigenvalue weighted by atomic mass is 10.1. The molecule has 0 aliphatic rings. The highest BCUT2D eigenvalue weighted by Gasteiger charge is 2.04. The van der Waals surface area contributed by atoms with Gasteiger partial charge in [0, 0.05) is 6.08 Å². The van der Waals surface area contributed by atoms with Gasteiger partial charge in [0.05, 0.1) is 16.1 Å². The fourth-order valence-corrected chi connectivity index (χ4v) is 2.51. The number of hydrogen-bond donors (Lipinski definition) is 0. The number of nitrogens with zero attached hydrogens (tertiary/aromatic N) is 1. The van der Waals surface area contributed by atoms with E-state index in [1.54, 1.807) is 11.6 Å². The summed E-state index contributed by atoms with van der Waals surface area (Å²) in [6.07, 6.45) is 3.25. The van der Waals surface area contributed by atoms with E-state index in [0.29, 0.717) is 0 Å². The summed E-state index contributed by atoms with van der Waals surface area (Å²) in [4.78, 5) is 16.8. The van der Waals surface area contributed by atoms with Crippen LogP contribution in [0.3, 0.4) is 0 Å². The SMILES string of the molecule is Cc1ccc(/C=C/C(=O)OCc2scnc2C)c(C)c1. The molecule has 0 amide bonds. The van der Waals surface area contributed by atoms with Gasteiger partial charge in [-0.3, -0.25) is 0 Å². The number of carbonyl (C=O) groups is 1. The minimum atomic E-state index is -0.335. The van der Waals surface area contributed by atoms with Crippen LogP contribution >= 0.6 is 11.3 Å². The molecule has 0 fully saturated rings. The lowest BCUT2D eigenvalue weighted by molar-refractivity contribution is -0.138. The fourth-order valence-electron chi connectivity index (χ4n) is 1.82. The minimum absolute atomic E-state index is 0.284. The van der Waals surface area contributed by atoms with E-state index >= 15 is 0 Å². The molecule has 0 atom stereocenters. The second-order valence-corrected chi connectivity index (χ2v) is 5.60. The molecule has 1 heterocycles. The Hall–Kier alpha value is -1.94. The van der Waals surface area contributed by atoms with Crippen LogP contribution in [0.25, 0.3) is 6.08 Å². The molecule has 0 aliphatic carbocycles. The van der Waals surface area contributed by atoms with E-state index in [2.05, 4.69) is 11.1 Å². The van der Waals surface area contributed by atoms with Crippen molar-refractivity contribution in [2.75, 3.05) is 0 Å². The molecule has 0 radical (unpaired) electrons. The quantitative estimate of drug-likeness (QED) is 0.634. The largest absolute Gasteiger partial charge is 0.457 e. The van der Waals surface area contributed by atoms with E-state index in [4.69, 9.17) is 4.74 Å². The molecule has 0 spiro atoms. The normalized spacial score (nSPS) is 10.9. The number of aromatic nitrogens is 1. The van der Waals surface area contributed by atoms with Gasteiger partial charge in [-0.1, -0.05) is 23.8 Å². The summed E-state index contributed by atoms with van der Waals surface area (Å²) >= 11 is 1.50. The Morgan fingerprint density at radius 2 is 2.15 bits per heavy atom. The Morgan fingerprint density at radius 3 is 2.80 bits per heavy atom. The topological polar surface area (TPSA) is 39.2 Å². The molecule has 0 N–H and O–H groups in total. The number of hydrogen-bond acceptors (Lipinski definition) is 4. The Kier molecular flexibility index (Phi) is 4.69. The van der Waals surface area contributed by atoms with E-state index in [0.717, 1.165) is 21.7 Å². The van der Waals surface area contributed by atoms with Gasteiger partial charge in [-0.2, -0.15) is 0 Å². The fraction of sp³-hybridized carbons (Fsp3) is 0.250. The summed E-state index contributed by atoms with van der Waals surface area (Å²) in [7, 11) is 0. The zero-order valence-corrected chi connectivity index (χ0v) is 12.7. The lowest BCUT2D eigenvalue weighted by Gasteiger charge is -2.02. The number of aryl methyl sites for hydroxylation is 3. The summed E-state index contributed by atoms with van der Waals surface area (Å²) in [6.45, 7) is 6.27. The number of carbonyl (C=O) groups excluding carboxylic acids is 1. The van der Waals surface area contributed by atoms with Crippen molar-refractivity contribution in [1.82, 2.24) is 4.98 Å². The molecular formula is C16H17NO2S. The minimum Gasteiger partial charge on any atom is -0.457 e. The number of rotatable bonds is 4. The monoisotopic (exact) mass is 287 g/mol. The van der Waals surface area contributed by atoms with Crippen LogP contribution in [0.2, 0.25) is 0 Å². The number of thiazole rings is 1. The van der Waals surface area contributed by atoms with Gasteiger partial charge in [-0.15, -0.1) is 11.3 Å². The summed E-state index contributed by atoms with van der Waals surface area (Å²) in [6, 6.07) is 6.12. The van der Waals surface area contributed by atoms with Crippen molar-refractivity contribution in [3.63, 3.8) is 0 Å². The molecule has 1 aromatic heterocycles. The zero-order chi connectivity index (χ0) is 14.5. The molecule has 0 bridgehead atoms. The highest BCUT2D eigenvalue weighted by atomic mass is 32.1. The van der Waals surface area contributed by atoms with Crippen LogP contribution in [-0.2, 0) is 16.1 Å². The molecule has 0 saturated carbocycles. The second kappa shape index (κ2) is 6.48. The summed E-state index contributed by atoms with van der Waals surface area (Å²) < 4.78 is 5.20. The van der Waals surface area contributed by atoms with Crippen LogP contribution in [-0.4, -0.2) is 11.0 Å². The molecule has 20 heavy (non-hydrogen) atoms. The third-order valence-corrected chi connectivity index (χ3v) is 3.92. The van der Waals surface area contributed by atoms with Crippen molar-refractivity contribution < 1.29 is 9.53 Å². The van der Waals surface area contributed by atoms with Crippen molar-refractivity contribution in [3.8, 4) is 0 Å². The Morgan fingerprint density at radius 1 is 1.35 bits per heavy atom. The smallest absolute Gasteiger partial charge is 0.331 e. The maximum atomic E-state index is 11.7. The molecule has 0 unspecified atom stereocenters. The average Bonchev–Trinajstić information content (AvgIpc) is 2.81. The highest BCUT2D eigenvalue weighted by Crippen LogP contribution is 2.14. The first-order chi connectivity index (χ1) is 9.56. The van der Waals surface area contributed by atoms with Gasteiger partial charge in [-0.05, 0) is 38.0 Å². The summed E-state index contributed by atoms with van der Waals surface area (Å²) in [5, 5.41) is 0. The second-order valence-electron chi connectivity index (χ2n) is 4.66. The Bertz CT molecular complexity index is 644. The van der Waals surface area contributed by atoms with Gasteiger partial charge in [0.2, 0.25) is 0 Å². The maximum Gasteiger partial charge on any atom is 0.331 e. The van der Waals surface area contributed by atoms with E-state index in [-0.39, 0.29) is 12.6 Å². The van der Waals surface area contributed by atoms with Crippen molar-refractivity contribution in [2.24, 2.45) is 0 Å². The van der Waals surface area contributed by atoms with Crippen molar-refractivity contribution in [1.29, 1.82) is 0 Å². The van der Waals surface area contributed by atoms with Gasteiger partial charge < -0.3 is 4.74 Å². The average molecular weight is 287 g/mol. The van der Waals surface area contributed by atoms with Crippen LogP contribution in [0, 0.1) is 20.8 Å². The van der Waals surface area contributed by atoms with Gasteiger partial charge in [0.25, 0.3) is 0 Å². The number of benzene rings is 1. The van der Waals surface area contributed by atoms with Crippen molar-refractivity contribution >= 4 is 23.4 Å². The van der Waals surface area contributed by atoms with Crippen LogP contribution in [0.1, 0.15) is 27.3 Å². The number of esters is 1. The van der Waals surface area contributed by atoms with Crippen LogP contribution in [0.4, 0.5) is 0 Å². The molecule has 0 saturated heterocycles. The van der Waals surface area contributed by atoms with E-state index in [9.17, 15) is 4.79 Å². The zero-order valence-electron chi connectivity index (χ0n) is 11.8. The predicted octanol–water partition coefficient (Wildman–Crippen LogP) is 3.82. The van der Waals surface area contributed by atoms with Gasteiger partial charge >= 0.3 is 5.97 Å². The van der Waals surface area contributed by atoms with Gasteiger partial charge in [0.1, 0.15) is 6.61 Å². The molecule has 4 heteroatoms. The standard InChI is InChI=1S/C16H17NO2S/c1-11-4-5-14(12(2)8-11)6-7-16(18)19-9-15-13(3)17-10-20-15/h4-8,10H,9H2,1-3H3/b7-6+. The van der Waals surface area contributed by atoms with Crippen LogP contribution in [0.15, 0.2) is 29.8 Å². The molecule has 1 aromatic carbocycles. The molecule has 104 valence electrons. The number of ether oxygens (including phenoxy) is 1. The first-order valence-electron chi connectivity index (χ1n) is 6.37. The van der Waals surface area contributed by atoms with E-state index in [1.807, 2.05) is 32.9 Å². The van der Waals surface area contributed by atoms with Crippen LogP contribution < -0.4 is 0 Å². The molecule has 3 nitrogen and oxygen atoms in total. The van der Waals surface area contributed by atoms with E-state index < -0.39 is 0 Å².